The zero-order valence-electron chi connectivity index (χ0n) is 11.0. The number of morpholine rings is 1. The molecule has 2 atom stereocenters. The minimum Gasteiger partial charge on any atom is -0.478 e. The molecule has 18 heavy (non-hydrogen) atoms. The third-order valence-electron chi connectivity index (χ3n) is 3.14. The Morgan fingerprint density at radius 2 is 1.94 bits per heavy atom. The van der Waals surface area contributed by atoms with Gasteiger partial charge in [0, 0.05) is 13.1 Å². The van der Waals surface area contributed by atoms with Gasteiger partial charge in [0.25, 0.3) is 0 Å². The minimum atomic E-state index is -0.875. The maximum Gasteiger partial charge on any atom is 0.337 e. The summed E-state index contributed by atoms with van der Waals surface area (Å²) < 4.78 is 5.67. The van der Waals surface area contributed by atoms with Crippen molar-refractivity contribution < 1.29 is 14.6 Å². The van der Waals surface area contributed by atoms with Crippen LogP contribution in [0.3, 0.4) is 0 Å². The molecule has 1 N–H and O–H groups in total. The van der Waals surface area contributed by atoms with Gasteiger partial charge in [-0.15, -0.1) is 0 Å². The lowest BCUT2D eigenvalue weighted by atomic mass is 10.1. The number of aromatic carboxylic acids is 1. The standard InChI is InChI=1S/C14H19NO3/c1-9-4-5-13(12(6-9)14(16)17)15-7-10(2)18-11(3)8-15/h4-6,10-11H,7-8H2,1-3H3,(H,16,17)/t10-,11+. The summed E-state index contributed by atoms with van der Waals surface area (Å²) in [5.74, 6) is -0.875. The quantitative estimate of drug-likeness (QED) is 0.873. The summed E-state index contributed by atoms with van der Waals surface area (Å²) in [6.45, 7) is 7.39. The fraction of sp³-hybridized carbons (Fsp3) is 0.500. The first-order chi connectivity index (χ1) is 8.47. The van der Waals surface area contributed by atoms with Gasteiger partial charge in [-0.2, -0.15) is 0 Å². The van der Waals surface area contributed by atoms with Crippen LogP contribution < -0.4 is 4.90 Å². The summed E-state index contributed by atoms with van der Waals surface area (Å²) in [5.41, 5.74) is 2.12. The van der Waals surface area contributed by atoms with Crippen molar-refractivity contribution in [3.63, 3.8) is 0 Å². The predicted octanol–water partition coefficient (Wildman–Crippen LogP) is 2.31. The van der Waals surface area contributed by atoms with Crippen molar-refractivity contribution in [2.45, 2.75) is 33.0 Å². The van der Waals surface area contributed by atoms with Crippen LogP contribution in [-0.4, -0.2) is 36.4 Å². The Morgan fingerprint density at radius 3 is 2.50 bits per heavy atom. The highest BCUT2D eigenvalue weighted by Crippen LogP contribution is 2.25. The van der Waals surface area contributed by atoms with E-state index < -0.39 is 5.97 Å². The molecule has 1 aromatic carbocycles. The normalized spacial score (nSPS) is 24.1. The summed E-state index contributed by atoms with van der Waals surface area (Å²) in [7, 11) is 0. The molecule has 2 rings (SSSR count). The van der Waals surface area contributed by atoms with Gasteiger partial charge in [-0.25, -0.2) is 4.79 Å². The molecule has 4 nitrogen and oxygen atoms in total. The van der Waals surface area contributed by atoms with E-state index in [4.69, 9.17) is 4.74 Å². The largest absolute Gasteiger partial charge is 0.478 e. The van der Waals surface area contributed by atoms with Crippen molar-refractivity contribution in [1.29, 1.82) is 0 Å². The minimum absolute atomic E-state index is 0.122. The maximum absolute atomic E-state index is 11.3. The summed E-state index contributed by atoms with van der Waals surface area (Å²) in [6, 6.07) is 5.57. The van der Waals surface area contributed by atoms with Crippen LogP contribution in [0.15, 0.2) is 18.2 Å². The number of anilines is 1. The third-order valence-corrected chi connectivity index (χ3v) is 3.14. The number of hydrogen-bond acceptors (Lipinski definition) is 3. The molecule has 4 heteroatoms. The van der Waals surface area contributed by atoms with Gasteiger partial charge in [-0.3, -0.25) is 0 Å². The van der Waals surface area contributed by atoms with Crippen molar-refractivity contribution in [3.8, 4) is 0 Å². The van der Waals surface area contributed by atoms with Crippen molar-refractivity contribution in [2.75, 3.05) is 18.0 Å². The van der Waals surface area contributed by atoms with Crippen molar-refractivity contribution in [1.82, 2.24) is 0 Å². The molecule has 98 valence electrons. The first-order valence-corrected chi connectivity index (χ1v) is 6.21. The molecule has 0 aliphatic carbocycles. The maximum atomic E-state index is 11.3. The average Bonchev–Trinajstić information content (AvgIpc) is 2.27. The predicted molar refractivity (Wildman–Crippen MR) is 70.4 cm³/mol. The number of nitrogens with zero attached hydrogens (tertiary/aromatic N) is 1. The van der Waals surface area contributed by atoms with E-state index >= 15 is 0 Å². The van der Waals surface area contributed by atoms with Gasteiger partial charge in [-0.05, 0) is 32.9 Å². The summed E-state index contributed by atoms with van der Waals surface area (Å²) in [4.78, 5) is 13.4. The van der Waals surface area contributed by atoms with Gasteiger partial charge < -0.3 is 14.7 Å². The smallest absolute Gasteiger partial charge is 0.337 e. The zero-order valence-corrected chi connectivity index (χ0v) is 11.0. The van der Waals surface area contributed by atoms with E-state index in [0.717, 1.165) is 24.3 Å². The van der Waals surface area contributed by atoms with Crippen LogP contribution in [0, 0.1) is 6.92 Å². The molecular weight excluding hydrogens is 230 g/mol. The SMILES string of the molecule is Cc1ccc(N2C[C@@H](C)O[C@@H](C)C2)c(C(=O)O)c1. The first kappa shape index (κ1) is 12.9. The highest BCUT2D eigenvalue weighted by Gasteiger charge is 2.25. The molecule has 0 radical (unpaired) electrons. The fourth-order valence-electron chi connectivity index (χ4n) is 2.47. The second-order valence-corrected chi connectivity index (χ2v) is 4.99. The number of carbonyl (C=O) groups is 1. The highest BCUT2D eigenvalue weighted by molar-refractivity contribution is 5.94. The van der Waals surface area contributed by atoms with Crippen LogP contribution in [-0.2, 0) is 4.74 Å². The van der Waals surface area contributed by atoms with Crippen LogP contribution in [0.5, 0.6) is 0 Å². The van der Waals surface area contributed by atoms with E-state index in [1.807, 2.05) is 32.9 Å². The van der Waals surface area contributed by atoms with Crippen LogP contribution >= 0.6 is 0 Å². The van der Waals surface area contributed by atoms with E-state index in [-0.39, 0.29) is 12.2 Å². The van der Waals surface area contributed by atoms with Gasteiger partial charge in [0.2, 0.25) is 0 Å². The molecule has 1 aromatic rings. The van der Waals surface area contributed by atoms with Crippen molar-refractivity contribution >= 4 is 11.7 Å². The van der Waals surface area contributed by atoms with Gasteiger partial charge in [0.05, 0.1) is 23.5 Å². The van der Waals surface area contributed by atoms with Gasteiger partial charge in [0.1, 0.15) is 0 Å². The molecule has 1 aliphatic heterocycles. The van der Waals surface area contributed by atoms with E-state index in [9.17, 15) is 9.90 Å². The topological polar surface area (TPSA) is 49.8 Å². The number of benzene rings is 1. The fourth-order valence-corrected chi connectivity index (χ4v) is 2.47. The number of carboxylic acids is 1. The third kappa shape index (κ3) is 2.64. The molecule has 1 saturated heterocycles. The van der Waals surface area contributed by atoms with Crippen LogP contribution in [0.25, 0.3) is 0 Å². The van der Waals surface area contributed by atoms with Crippen molar-refractivity contribution in [3.05, 3.63) is 29.3 Å². The summed E-state index contributed by atoms with van der Waals surface area (Å²) in [5, 5.41) is 9.29. The van der Waals surface area contributed by atoms with Crippen LogP contribution in [0.2, 0.25) is 0 Å². The molecular formula is C14H19NO3. The van der Waals surface area contributed by atoms with Crippen LogP contribution in [0.4, 0.5) is 5.69 Å². The van der Waals surface area contributed by atoms with Gasteiger partial charge in [-0.1, -0.05) is 11.6 Å². The molecule has 1 fully saturated rings. The summed E-state index contributed by atoms with van der Waals surface area (Å²) >= 11 is 0. The Labute approximate surface area is 107 Å². The first-order valence-electron chi connectivity index (χ1n) is 6.21. The number of hydrogen-bond donors (Lipinski definition) is 1. The van der Waals surface area contributed by atoms with E-state index in [2.05, 4.69) is 4.90 Å². The van der Waals surface area contributed by atoms with E-state index in [1.54, 1.807) is 6.07 Å². The molecule has 1 heterocycles. The highest BCUT2D eigenvalue weighted by atomic mass is 16.5. The van der Waals surface area contributed by atoms with Crippen LogP contribution in [0.1, 0.15) is 29.8 Å². The molecule has 1 aliphatic rings. The molecule has 0 aromatic heterocycles. The van der Waals surface area contributed by atoms with Gasteiger partial charge in [0.15, 0.2) is 0 Å². The van der Waals surface area contributed by atoms with E-state index in [1.165, 1.54) is 0 Å². The zero-order chi connectivity index (χ0) is 13.3. The monoisotopic (exact) mass is 249 g/mol. The average molecular weight is 249 g/mol. The Balaban J connectivity index is 2.35. The Bertz CT molecular complexity index is 448. The number of ether oxygens (including phenoxy) is 1. The number of carboxylic acid groups (broad SMARTS) is 1. The lowest BCUT2D eigenvalue weighted by molar-refractivity contribution is -0.00531. The Kier molecular flexibility index (Phi) is 3.57. The number of aryl methyl sites for hydroxylation is 1. The van der Waals surface area contributed by atoms with Gasteiger partial charge >= 0.3 is 5.97 Å². The Morgan fingerprint density at radius 1 is 1.33 bits per heavy atom. The summed E-state index contributed by atoms with van der Waals surface area (Å²) in [6.07, 6.45) is 0.244. The lowest BCUT2D eigenvalue weighted by Gasteiger charge is -2.37. The second-order valence-electron chi connectivity index (χ2n) is 4.99. The molecule has 0 bridgehead atoms. The molecule has 0 spiro atoms. The second kappa shape index (κ2) is 4.98. The Hall–Kier alpha value is -1.55. The number of rotatable bonds is 2. The molecule has 0 saturated carbocycles. The lowest BCUT2D eigenvalue weighted by Crippen LogP contribution is -2.46. The molecule has 0 unspecified atom stereocenters. The van der Waals surface area contributed by atoms with E-state index in [0.29, 0.717) is 5.56 Å². The molecule has 0 amide bonds. The van der Waals surface area contributed by atoms with Crippen molar-refractivity contribution in [2.24, 2.45) is 0 Å².